The van der Waals surface area contributed by atoms with E-state index in [1.54, 1.807) is 19.1 Å². The molecule has 0 fully saturated rings. The minimum atomic E-state index is -0.329. The number of hydrogen-bond donors (Lipinski definition) is 1. The smallest absolute Gasteiger partial charge is 0.184 e. The zero-order valence-electron chi connectivity index (χ0n) is 11.3. The normalized spacial score (nSPS) is 17.6. The number of hydrogen-bond acceptors (Lipinski definition) is 2. The number of fused-ring (bicyclic) bond motifs is 1. The lowest BCUT2D eigenvalue weighted by atomic mass is 9.89. The highest BCUT2D eigenvalue weighted by Gasteiger charge is 2.26. The van der Waals surface area contributed by atoms with Crippen molar-refractivity contribution in [3.63, 3.8) is 0 Å². The fourth-order valence-corrected chi connectivity index (χ4v) is 2.70. The number of Topliss-reactive ketones (excluding diaryl/α,β-unsaturated/α-hetero) is 1. The van der Waals surface area contributed by atoms with Gasteiger partial charge in [-0.3, -0.25) is 4.79 Å². The molecule has 0 aromatic heterocycles. The lowest BCUT2D eigenvalue weighted by molar-refractivity contribution is 0.0939. The van der Waals surface area contributed by atoms with Crippen molar-refractivity contribution in [2.45, 2.75) is 19.4 Å². The summed E-state index contributed by atoms with van der Waals surface area (Å²) in [7, 11) is 0. The Labute approximate surface area is 117 Å². The minimum Gasteiger partial charge on any atom is -0.303 e. The van der Waals surface area contributed by atoms with E-state index in [1.807, 2.05) is 18.2 Å². The molecule has 0 radical (unpaired) electrons. The first-order valence-electron chi connectivity index (χ1n) is 6.78. The van der Waals surface area contributed by atoms with Gasteiger partial charge in [-0.2, -0.15) is 0 Å². The zero-order valence-corrected chi connectivity index (χ0v) is 11.3. The number of carbonyl (C=O) groups is 1. The molecular weight excluding hydrogens is 253 g/mol. The molecular formula is C17H16FNO. The molecule has 20 heavy (non-hydrogen) atoms. The maximum Gasteiger partial charge on any atom is 0.184 e. The van der Waals surface area contributed by atoms with E-state index in [-0.39, 0.29) is 17.6 Å². The average molecular weight is 269 g/mol. The molecule has 2 aromatic carbocycles. The van der Waals surface area contributed by atoms with Gasteiger partial charge in [-0.1, -0.05) is 24.3 Å². The van der Waals surface area contributed by atoms with Crippen molar-refractivity contribution in [2.75, 3.05) is 6.54 Å². The molecule has 1 aliphatic rings. The summed E-state index contributed by atoms with van der Waals surface area (Å²) < 4.78 is 13.3. The summed E-state index contributed by atoms with van der Waals surface area (Å²) in [6.07, 6.45) is 0.933. The maximum absolute atomic E-state index is 13.3. The Bertz CT molecular complexity index is 666. The Kier molecular flexibility index (Phi) is 3.36. The standard InChI is InChI=1S/C17H16FNO/c1-11-10-13(6-7-15(11)18)17(20)16-14-5-3-2-4-12(14)8-9-19-16/h2-7,10,16,19H,8-9H2,1H3. The largest absolute Gasteiger partial charge is 0.303 e. The highest BCUT2D eigenvalue weighted by Crippen LogP contribution is 2.26. The van der Waals surface area contributed by atoms with Gasteiger partial charge in [-0.25, -0.2) is 4.39 Å². The lowest BCUT2D eigenvalue weighted by Gasteiger charge is -2.26. The molecule has 1 N–H and O–H groups in total. The van der Waals surface area contributed by atoms with E-state index in [4.69, 9.17) is 0 Å². The lowest BCUT2D eigenvalue weighted by Crippen LogP contribution is -2.35. The highest BCUT2D eigenvalue weighted by atomic mass is 19.1. The Morgan fingerprint density at radius 3 is 2.85 bits per heavy atom. The van der Waals surface area contributed by atoms with Gasteiger partial charge in [0.25, 0.3) is 0 Å². The van der Waals surface area contributed by atoms with Crippen LogP contribution in [0.25, 0.3) is 0 Å². The first-order valence-corrected chi connectivity index (χ1v) is 6.78. The molecule has 0 saturated heterocycles. The minimum absolute atomic E-state index is 0.000231. The summed E-state index contributed by atoms with van der Waals surface area (Å²) >= 11 is 0. The van der Waals surface area contributed by atoms with E-state index in [1.165, 1.54) is 11.6 Å². The van der Waals surface area contributed by atoms with Gasteiger partial charge in [0.15, 0.2) is 5.78 Å². The van der Waals surface area contributed by atoms with Crippen LogP contribution in [0.4, 0.5) is 4.39 Å². The number of aryl methyl sites for hydroxylation is 1. The van der Waals surface area contributed by atoms with Crippen molar-refractivity contribution in [1.29, 1.82) is 0 Å². The molecule has 0 spiro atoms. The van der Waals surface area contributed by atoms with Crippen LogP contribution in [0, 0.1) is 12.7 Å². The Balaban J connectivity index is 1.97. The predicted octanol–water partition coefficient (Wildman–Crippen LogP) is 3.20. The van der Waals surface area contributed by atoms with Crippen molar-refractivity contribution < 1.29 is 9.18 Å². The van der Waals surface area contributed by atoms with Crippen LogP contribution in [0.5, 0.6) is 0 Å². The number of carbonyl (C=O) groups excluding carboxylic acids is 1. The third-order valence-corrected chi connectivity index (χ3v) is 3.81. The summed E-state index contributed by atoms with van der Waals surface area (Å²) in [6, 6.07) is 12.2. The zero-order chi connectivity index (χ0) is 14.1. The van der Waals surface area contributed by atoms with Crippen molar-refractivity contribution in [2.24, 2.45) is 0 Å². The van der Waals surface area contributed by atoms with Crippen LogP contribution < -0.4 is 5.32 Å². The van der Waals surface area contributed by atoms with E-state index in [2.05, 4.69) is 11.4 Å². The van der Waals surface area contributed by atoms with E-state index >= 15 is 0 Å². The summed E-state index contributed by atoms with van der Waals surface area (Å²) in [6.45, 7) is 2.46. The van der Waals surface area contributed by atoms with Crippen molar-refractivity contribution in [3.8, 4) is 0 Å². The van der Waals surface area contributed by atoms with Crippen molar-refractivity contribution >= 4 is 5.78 Å². The molecule has 1 aliphatic heterocycles. The second-order valence-corrected chi connectivity index (χ2v) is 5.16. The van der Waals surface area contributed by atoms with Crippen LogP contribution in [0.15, 0.2) is 42.5 Å². The van der Waals surface area contributed by atoms with Crippen LogP contribution in [0.3, 0.4) is 0 Å². The van der Waals surface area contributed by atoms with E-state index in [9.17, 15) is 9.18 Å². The number of halogens is 1. The summed E-state index contributed by atoms with van der Waals surface area (Å²) in [5.74, 6) is -0.279. The average Bonchev–Trinajstić information content (AvgIpc) is 2.49. The number of rotatable bonds is 2. The second-order valence-electron chi connectivity index (χ2n) is 5.16. The topological polar surface area (TPSA) is 29.1 Å². The van der Waals surface area contributed by atoms with Gasteiger partial charge in [0.05, 0.1) is 6.04 Å². The molecule has 3 rings (SSSR count). The Morgan fingerprint density at radius 1 is 1.25 bits per heavy atom. The van der Waals surface area contributed by atoms with Gasteiger partial charge in [0, 0.05) is 12.1 Å². The van der Waals surface area contributed by atoms with Gasteiger partial charge < -0.3 is 5.32 Å². The first kappa shape index (κ1) is 13.0. The third kappa shape index (κ3) is 2.25. The van der Waals surface area contributed by atoms with Crippen LogP contribution >= 0.6 is 0 Å². The van der Waals surface area contributed by atoms with Gasteiger partial charge >= 0.3 is 0 Å². The monoisotopic (exact) mass is 269 g/mol. The Hall–Kier alpha value is -2.00. The van der Waals surface area contributed by atoms with Crippen LogP contribution in [-0.4, -0.2) is 12.3 Å². The van der Waals surface area contributed by atoms with E-state index in [0.717, 1.165) is 18.5 Å². The molecule has 1 unspecified atom stereocenters. The van der Waals surface area contributed by atoms with Crippen molar-refractivity contribution in [1.82, 2.24) is 5.32 Å². The molecule has 0 saturated carbocycles. The molecule has 102 valence electrons. The van der Waals surface area contributed by atoms with Crippen LogP contribution in [0.2, 0.25) is 0 Å². The van der Waals surface area contributed by atoms with E-state index in [0.29, 0.717) is 11.1 Å². The summed E-state index contributed by atoms with van der Waals surface area (Å²) in [5, 5.41) is 3.26. The SMILES string of the molecule is Cc1cc(C(=O)C2NCCc3ccccc32)ccc1F. The molecule has 2 nitrogen and oxygen atoms in total. The number of benzene rings is 2. The maximum atomic E-state index is 13.3. The van der Waals surface area contributed by atoms with Crippen LogP contribution in [-0.2, 0) is 6.42 Å². The van der Waals surface area contributed by atoms with Gasteiger partial charge in [0.1, 0.15) is 5.82 Å². The fraction of sp³-hybridized carbons (Fsp3) is 0.235. The fourth-order valence-electron chi connectivity index (χ4n) is 2.70. The quantitative estimate of drug-likeness (QED) is 0.848. The molecule has 1 heterocycles. The van der Waals surface area contributed by atoms with Gasteiger partial charge in [0.2, 0.25) is 0 Å². The third-order valence-electron chi connectivity index (χ3n) is 3.81. The summed E-state index contributed by atoms with van der Waals surface area (Å²) in [4.78, 5) is 12.6. The molecule has 3 heteroatoms. The highest BCUT2D eigenvalue weighted by molar-refractivity contribution is 6.01. The molecule has 2 aromatic rings. The first-order chi connectivity index (χ1) is 9.66. The van der Waals surface area contributed by atoms with E-state index < -0.39 is 0 Å². The van der Waals surface area contributed by atoms with Crippen LogP contribution in [0.1, 0.15) is 33.1 Å². The Morgan fingerprint density at radius 2 is 2.05 bits per heavy atom. The molecule has 1 atom stereocenters. The number of ketones is 1. The molecule has 0 bridgehead atoms. The summed E-state index contributed by atoms with van der Waals surface area (Å²) in [5.41, 5.74) is 3.30. The molecule has 0 amide bonds. The van der Waals surface area contributed by atoms with Crippen molar-refractivity contribution in [3.05, 3.63) is 70.5 Å². The second kappa shape index (κ2) is 5.17. The van der Waals surface area contributed by atoms with Gasteiger partial charge in [-0.05, 0) is 48.2 Å². The molecule has 0 aliphatic carbocycles. The number of nitrogens with one attached hydrogen (secondary N) is 1. The predicted molar refractivity (Wildman–Crippen MR) is 76.4 cm³/mol. The van der Waals surface area contributed by atoms with Gasteiger partial charge in [-0.15, -0.1) is 0 Å².